The molecular formula is C17H20N2O5. The first-order valence-corrected chi connectivity index (χ1v) is 7.98. The van der Waals surface area contributed by atoms with Crippen LogP contribution in [0.25, 0.3) is 0 Å². The van der Waals surface area contributed by atoms with Crippen LogP contribution in [0.2, 0.25) is 0 Å². The molecule has 0 bridgehead atoms. The van der Waals surface area contributed by atoms with Gasteiger partial charge in [-0.1, -0.05) is 24.3 Å². The molecule has 2 aliphatic heterocycles. The Morgan fingerprint density at radius 2 is 1.33 bits per heavy atom. The number of rotatable bonds is 4. The van der Waals surface area contributed by atoms with E-state index in [0.29, 0.717) is 26.2 Å². The molecule has 24 heavy (non-hydrogen) atoms. The van der Waals surface area contributed by atoms with Crippen molar-refractivity contribution >= 4 is 18.0 Å². The van der Waals surface area contributed by atoms with E-state index >= 15 is 0 Å². The van der Waals surface area contributed by atoms with Gasteiger partial charge in [0.2, 0.25) is 0 Å². The summed E-state index contributed by atoms with van der Waals surface area (Å²) >= 11 is 0. The van der Waals surface area contributed by atoms with Gasteiger partial charge < -0.3 is 20.0 Å². The molecule has 7 nitrogen and oxygen atoms in total. The van der Waals surface area contributed by atoms with E-state index in [1.54, 1.807) is 9.80 Å². The van der Waals surface area contributed by atoms with Crippen molar-refractivity contribution in [1.82, 2.24) is 9.80 Å². The maximum Gasteiger partial charge on any atom is 0.320 e. The number of nitrogens with zero attached hydrogens (tertiary/aromatic N) is 2. The van der Waals surface area contributed by atoms with Gasteiger partial charge in [0.1, 0.15) is 0 Å². The van der Waals surface area contributed by atoms with Gasteiger partial charge in [-0.25, -0.2) is 4.79 Å². The minimum Gasteiger partial charge on any atom is -0.481 e. The van der Waals surface area contributed by atoms with Crippen LogP contribution in [0.3, 0.4) is 0 Å². The van der Waals surface area contributed by atoms with Crippen LogP contribution in [0.15, 0.2) is 24.3 Å². The number of carbonyl (C=O) groups excluding carboxylic acids is 1. The Morgan fingerprint density at radius 3 is 1.75 bits per heavy atom. The Kier molecular flexibility index (Phi) is 4.42. The number of carboxylic acid groups (broad SMARTS) is 2. The molecule has 0 radical (unpaired) electrons. The summed E-state index contributed by atoms with van der Waals surface area (Å²) in [4.78, 5) is 38.1. The van der Waals surface area contributed by atoms with E-state index in [9.17, 15) is 14.4 Å². The normalized spacial score (nSPS) is 22.5. The van der Waals surface area contributed by atoms with Crippen molar-refractivity contribution in [2.24, 2.45) is 11.8 Å². The zero-order chi connectivity index (χ0) is 17.3. The van der Waals surface area contributed by atoms with Crippen LogP contribution in [-0.4, -0.2) is 51.1 Å². The molecule has 1 aromatic rings. The molecule has 0 saturated carbocycles. The lowest BCUT2D eigenvalue weighted by molar-refractivity contribution is -0.141. The largest absolute Gasteiger partial charge is 0.481 e. The van der Waals surface area contributed by atoms with Crippen molar-refractivity contribution < 1.29 is 24.6 Å². The number of amides is 2. The van der Waals surface area contributed by atoms with Crippen LogP contribution in [-0.2, 0) is 22.7 Å². The minimum absolute atomic E-state index is 0.109. The molecule has 7 heteroatoms. The average Bonchev–Trinajstić information content (AvgIpc) is 3.10. The first-order chi connectivity index (χ1) is 11.4. The predicted molar refractivity (Wildman–Crippen MR) is 84.1 cm³/mol. The molecule has 1 fully saturated rings. The van der Waals surface area contributed by atoms with Gasteiger partial charge in [0.05, 0.1) is 12.8 Å². The van der Waals surface area contributed by atoms with Gasteiger partial charge in [-0.15, -0.1) is 0 Å². The molecule has 0 spiro atoms. The van der Waals surface area contributed by atoms with Gasteiger partial charge in [0.25, 0.3) is 0 Å². The van der Waals surface area contributed by atoms with Gasteiger partial charge in [-0.2, -0.15) is 0 Å². The van der Waals surface area contributed by atoms with Gasteiger partial charge in [-0.3, -0.25) is 9.59 Å². The topological polar surface area (TPSA) is 98.2 Å². The lowest BCUT2D eigenvalue weighted by Crippen LogP contribution is -2.39. The fourth-order valence-corrected chi connectivity index (χ4v) is 3.67. The molecule has 1 saturated heterocycles. The van der Waals surface area contributed by atoms with Gasteiger partial charge in [0.15, 0.2) is 0 Å². The molecule has 0 aromatic heterocycles. The molecule has 2 N–H and O–H groups in total. The Balaban J connectivity index is 1.67. The standard InChI is InChI=1S/C17H20N2O5/c20-15(21)5-13-9-19(10-14(13)6-16(22)23)17(24)18-7-11-3-1-2-4-12(11)8-18/h1-4,13-14H,5-10H2,(H,20,21)(H,22,23)/t13-,14-/m1/s1. The van der Waals surface area contributed by atoms with Crippen molar-refractivity contribution in [3.63, 3.8) is 0 Å². The lowest BCUT2D eigenvalue weighted by atomic mass is 9.90. The summed E-state index contributed by atoms with van der Waals surface area (Å²) in [5, 5.41) is 18.0. The fraction of sp³-hybridized carbons (Fsp3) is 0.471. The van der Waals surface area contributed by atoms with Crippen LogP contribution < -0.4 is 0 Å². The van der Waals surface area contributed by atoms with E-state index in [4.69, 9.17) is 10.2 Å². The molecule has 2 amide bonds. The third-order valence-electron chi connectivity index (χ3n) is 4.83. The molecule has 0 aliphatic carbocycles. The van der Waals surface area contributed by atoms with E-state index in [0.717, 1.165) is 11.1 Å². The summed E-state index contributed by atoms with van der Waals surface area (Å²) in [6, 6.07) is 7.72. The highest BCUT2D eigenvalue weighted by Gasteiger charge is 2.39. The number of benzene rings is 1. The third-order valence-corrected chi connectivity index (χ3v) is 4.83. The second-order valence-electron chi connectivity index (χ2n) is 6.53. The molecule has 2 atom stereocenters. The number of fused-ring (bicyclic) bond motifs is 1. The smallest absolute Gasteiger partial charge is 0.320 e. The van der Waals surface area contributed by atoms with E-state index in [2.05, 4.69) is 0 Å². The zero-order valence-electron chi connectivity index (χ0n) is 13.2. The quantitative estimate of drug-likeness (QED) is 0.873. The van der Waals surface area contributed by atoms with Crippen molar-refractivity contribution in [2.45, 2.75) is 25.9 Å². The number of hydrogen-bond acceptors (Lipinski definition) is 3. The predicted octanol–water partition coefficient (Wildman–Crippen LogP) is 1.62. The maximum atomic E-state index is 12.7. The van der Waals surface area contributed by atoms with E-state index in [1.807, 2.05) is 24.3 Å². The van der Waals surface area contributed by atoms with Crippen LogP contribution in [0, 0.1) is 11.8 Å². The third kappa shape index (κ3) is 3.34. The lowest BCUT2D eigenvalue weighted by Gasteiger charge is -2.24. The minimum atomic E-state index is -0.960. The Hall–Kier alpha value is -2.57. The Labute approximate surface area is 139 Å². The van der Waals surface area contributed by atoms with Gasteiger partial charge in [-0.05, 0) is 23.0 Å². The molecule has 2 aliphatic rings. The summed E-state index contributed by atoms with van der Waals surface area (Å²) in [5.41, 5.74) is 2.24. The highest BCUT2D eigenvalue weighted by atomic mass is 16.4. The molecule has 3 rings (SSSR count). The van der Waals surface area contributed by atoms with Crippen LogP contribution >= 0.6 is 0 Å². The Morgan fingerprint density at radius 1 is 0.875 bits per heavy atom. The van der Waals surface area contributed by atoms with Gasteiger partial charge in [0, 0.05) is 26.2 Å². The summed E-state index contributed by atoms with van der Waals surface area (Å²) < 4.78 is 0. The van der Waals surface area contributed by atoms with Crippen LogP contribution in [0.1, 0.15) is 24.0 Å². The van der Waals surface area contributed by atoms with Gasteiger partial charge >= 0.3 is 18.0 Å². The van der Waals surface area contributed by atoms with Crippen molar-refractivity contribution in [3.05, 3.63) is 35.4 Å². The summed E-state index contributed by atoms with van der Waals surface area (Å²) in [7, 11) is 0. The summed E-state index contributed by atoms with van der Waals surface area (Å²) in [6.07, 6.45) is -0.218. The number of carbonyl (C=O) groups is 3. The molecule has 1 aromatic carbocycles. The highest BCUT2D eigenvalue weighted by molar-refractivity contribution is 5.76. The molecular weight excluding hydrogens is 312 g/mol. The van der Waals surface area contributed by atoms with Crippen molar-refractivity contribution in [2.75, 3.05) is 13.1 Å². The van der Waals surface area contributed by atoms with E-state index < -0.39 is 11.9 Å². The van der Waals surface area contributed by atoms with E-state index in [1.165, 1.54) is 0 Å². The van der Waals surface area contributed by atoms with Crippen LogP contribution in [0.5, 0.6) is 0 Å². The molecule has 128 valence electrons. The maximum absolute atomic E-state index is 12.7. The second kappa shape index (κ2) is 6.51. The number of likely N-dealkylation sites (tertiary alicyclic amines) is 1. The first kappa shape index (κ1) is 16.3. The first-order valence-electron chi connectivity index (χ1n) is 7.98. The molecule has 0 unspecified atom stereocenters. The summed E-state index contributed by atoms with van der Waals surface area (Å²) in [5.74, 6) is -2.54. The number of aliphatic carboxylic acids is 2. The number of urea groups is 1. The Bertz CT molecular complexity index is 626. The van der Waals surface area contributed by atoms with Crippen molar-refractivity contribution in [1.29, 1.82) is 0 Å². The van der Waals surface area contributed by atoms with Crippen molar-refractivity contribution in [3.8, 4) is 0 Å². The number of hydrogen-bond donors (Lipinski definition) is 2. The SMILES string of the molecule is O=C(O)C[C@@H]1CN(C(=O)N2Cc3ccccc3C2)C[C@H]1CC(=O)O. The summed E-state index contributed by atoms with van der Waals surface area (Å²) in [6.45, 7) is 1.68. The zero-order valence-corrected chi connectivity index (χ0v) is 13.2. The highest BCUT2D eigenvalue weighted by Crippen LogP contribution is 2.31. The second-order valence-corrected chi connectivity index (χ2v) is 6.53. The number of carboxylic acids is 2. The average molecular weight is 332 g/mol. The van der Waals surface area contributed by atoms with E-state index in [-0.39, 0.29) is 30.7 Å². The fourth-order valence-electron chi connectivity index (χ4n) is 3.67. The monoisotopic (exact) mass is 332 g/mol. The van der Waals surface area contributed by atoms with Crippen LogP contribution in [0.4, 0.5) is 4.79 Å². The molecule has 2 heterocycles.